The summed E-state index contributed by atoms with van der Waals surface area (Å²) < 4.78 is 1.94. The smallest absolute Gasteiger partial charge is 0.134 e. The summed E-state index contributed by atoms with van der Waals surface area (Å²) in [6, 6.07) is 3.93. The van der Waals surface area contributed by atoms with Crippen LogP contribution in [-0.2, 0) is 6.54 Å². The maximum atomic E-state index is 4.62. The quantitative estimate of drug-likeness (QED) is 0.899. The highest BCUT2D eigenvalue weighted by atomic mass is 15.3. The van der Waals surface area contributed by atoms with E-state index in [1.807, 2.05) is 23.9 Å². The molecule has 2 aromatic heterocycles. The van der Waals surface area contributed by atoms with Gasteiger partial charge in [-0.15, -0.1) is 0 Å². The van der Waals surface area contributed by atoms with Gasteiger partial charge in [0, 0.05) is 31.8 Å². The molecule has 0 amide bonds. The van der Waals surface area contributed by atoms with Crippen LogP contribution in [0.5, 0.6) is 0 Å². The van der Waals surface area contributed by atoms with Gasteiger partial charge in [-0.1, -0.05) is 13.8 Å². The zero-order valence-corrected chi connectivity index (χ0v) is 11.3. The van der Waals surface area contributed by atoms with E-state index in [0.717, 1.165) is 29.6 Å². The van der Waals surface area contributed by atoms with E-state index < -0.39 is 0 Å². The van der Waals surface area contributed by atoms with Crippen molar-refractivity contribution in [2.75, 3.05) is 12.4 Å². The summed E-state index contributed by atoms with van der Waals surface area (Å²) in [6.07, 6.45) is 1.80. The zero-order chi connectivity index (χ0) is 13.1. The van der Waals surface area contributed by atoms with Crippen LogP contribution in [0.15, 0.2) is 18.3 Å². The van der Waals surface area contributed by atoms with Crippen LogP contribution in [0.25, 0.3) is 11.4 Å². The van der Waals surface area contributed by atoms with Gasteiger partial charge in [0.15, 0.2) is 0 Å². The third-order valence-corrected chi connectivity index (χ3v) is 2.79. The van der Waals surface area contributed by atoms with Crippen LogP contribution < -0.4 is 5.32 Å². The van der Waals surface area contributed by atoms with Crippen LogP contribution in [0.1, 0.15) is 32.5 Å². The van der Waals surface area contributed by atoms with Crippen molar-refractivity contribution in [1.82, 2.24) is 19.7 Å². The number of hydrogen-bond acceptors (Lipinski definition) is 4. The van der Waals surface area contributed by atoms with E-state index in [0.29, 0.717) is 5.92 Å². The second kappa shape index (κ2) is 5.16. The van der Waals surface area contributed by atoms with Crippen LogP contribution in [-0.4, -0.2) is 26.8 Å². The van der Waals surface area contributed by atoms with Crippen molar-refractivity contribution in [2.45, 2.75) is 33.2 Å². The van der Waals surface area contributed by atoms with E-state index >= 15 is 0 Å². The summed E-state index contributed by atoms with van der Waals surface area (Å²) in [4.78, 5) is 9.08. The summed E-state index contributed by atoms with van der Waals surface area (Å²) in [6.45, 7) is 7.09. The van der Waals surface area contributed by atoms with Gasteiger partial charge in [0.25, 0.3) is 0 Å². The van der Waals surface area contributed by atoms with E-state index in [-0.39, 0.29) is 0 Å². The fourth-order valence-corrected chi connectivity index (χ4v) is 1.79. The predicted octanol–water partition coefficient (Wildman–Crippen LogP) is 2.53. The average molecular weight is 245 g/mol. The minimum absolute atomic E-state index is 0.301. The summed E-state index contributed by atoms with van der Waals surface area (Å²) in [5.74, 6) is 1.99. The first kappa shape index (κ1) is 12.5. The Labute approximate surface area is 107 Å². The molecule has 1 N–H and O–H groups in total. The molecule has 0 bridgehead atoms. The van der Waals surface area contributed by atoms with Crippen LogP contribution in [0, 0.1) is 0 Å². The van der Waals surface area contributed by atoms with Crippen molar-refractivity contribution in [3.05, 3.63) is 24.2 Å². The van der Waals surface area contributed by atoms with Gasteiger partial charge >= 0.3 is 0 Å². The van der Waals surface area contributed by atoms with E-state index in [1.54, 1.807) is 6.20 Å². The SMILES string of the molecule is CCn1nccc1-c1cc(NC)nc(C(C)C)n1. The highest BCUT2D eigenvalue weighted by Gasteiger charge is 2.11. The van der Waals surface area contributed by atoms with E-state index in [4.69, 9.17) is 0 Å². The Morgan fingerprint density at radius 3 is 2.72 bits per heavy atom. The Kier molecular flexibility index (Phi) is 3.60. The number of nitrogens with zero attached hydrogens (tertiary/aromatic N) is 4. The minimum atomic E-state index is 0.301. The standard InChI is InChI=1S/C13H19N5/c1-5-18-11(6-7-15-18)10-8-12(14-4)17-13(16-10)9(2)3/h6-9H,5H2,1-4H3,(H,14,16,17). The molecule has 0 saturated heterocycles. The topological polar surface area (TPSA) is 55.6 Å². The maximum Gasteiger partial charge on any atom is 0.134 e. The molecule has 2 aromatic rings. The molecule has 2 rings (SSSR count). The fourth-order valence-electron chi connectivity index (χ4n) is 1.79. The third-order valence-electron chi connectivity index (χ3n) is 2.79. The van der Waals surface area contributed by atoms with Gasteiger partial charge in [0.2, 0.25) is 0 Å². The number of hydrogen-bond donors (Lipinski definition) is 1. The molecule has 18 heavy (non-hydrogen) atoms. The second-order valence-corrected chi connectivity index (χ2v) is 4.43. The van der Waals surface area contributed by atoms with Crippen molar-refractivity contribution in [3.63, 3.8) is 0 Å². The van der Waals surface area contributed by atoms with Crippen molar-refractivity contribution < 1.29 is 0 Å². The van der Waals surface area contributed by atoms with Gasteiger partial charge < -0.3 is 5.32 Å². The average Bonchev–Trinajstić information content (AvgIpc) is 2.86. The lowest BCUT2D eigenvalue weighted by molar-refractivity contribution is 0.664. The normalized spacial score (nSPS) is 10.9. The fraction of sp³-hybridized carbons (Fsp3) is 0.462. The highest BCUT2D eigenvalue weighted by molar-refractivity contribution is 5.58. The first-order valence-electron chi connectivity index (χ1n) is 6.24. The number of aryl methyl sites for hydroxylation is 1. The molecule has 0 atom stereocenters. The molecule has 5 nitrogen and oxygen atoms in total. The molecule has 0 spiro atoms. The molecule has 0 fully saturated rings. The number of aromatic nitrogens is 4. The Morgan fingerprint density at radius 2 is 2.11 bits per heavy atom. The van der Waals surface area contributed by atoms with E-state index in [2.05, 4.69) is 41.2 Å². The van der Waals surface area contributed by atoms with Crippen molar-refractivity contribution in [3.8, 4) is 11.4 Å². The molecular formula is C13H19N5. The first-order valence-corrected chi connectivity index (χ1v) is 6.24. The lowest BCUT2D eigenvalue weighted by Gasteiger charge is -2.10. The van der Waals surface area contributed by atoms with Gasteiger partial charge in [-0.25, -0.2) is 9.97 Å². The molecule has 5 heteroatoms. The van der Waals surface area contributed by atoms with Gasteiger partial charge in [0.05, 0.1) is 11.4 Å². The highest BCUT2D eigenvalue weighted by Crippen LogP contribution is 2.22. The second-order valence-electron chi connectivity index (χ2n) is 4.43. The summed E-state index contributed by atoms with van der Waals surface area (Å²) in [5.41, 5.74) is 1.94. The van der Waals surface area contributed by atoms with Gasteiger partial charge in [-0.2, -0.15) is 5.10 Å². The minimum Gasteiger partial charge on any atom is -0.373 e. The Morgan fingerprint density at radius 1 is 1.33 bits per heavy atom. The number of nitrogens with one attached hydrogen (secondary N) is 1. The van der Waals surface area contributed by atoms with Crippen molar-refractivity contribution in [2.24, 2.45) is 0 Å². The van der Waals surface area contributed by atoms with Crippen LogP contribution in [0.3, 0.4) is 0 Å². The Bertz CT molecular complexity index is 530. The monoisotopic (exact) mass is 245 g/mol. The van der Waals surface area contributed by atoms with E-state index in [9.17, 15) is 0 Å². The van der Waals surface area contributed by atoms with Crippen LogP contribution in [0.2, 0.25) is 0 Å². The summed E-state index contributed by atoms with van der Waals surface area (Å²) in [7, 11) is 1.87. The first-order chi connectivity index (χ1) is 8.65. The molecule has 0 radical (unpaired) electrons. The molecular weight excluding hydrogens is 226 g/mol. The summed E-state index contributed by atoms with van der Waals surface area (Å²) in [5, 5.41) is 7.36. The Balaban J connectivity index is 2.53. The molecule has 0 unspecified atom stereocenters. The number of rotatable bonds is 4. The molecule has 0 aliphatic rings. The number of anilines is 1. The third kappa shape index (κ3) is 2.34. The Hall–Kier alpha value is -1.91. The molecule has 0 aromatic carbocycles. The van der Waals surface area contributed by atoms with Gasteiger partial charge in [-0.3, -0.25) is 4.68 Å². The molecule has 2 heterocycles. The zero-order valence-electron chi connectivity index (χ0n) is 11.3. The largest absolute Gasteiger partial charge is 0.373 e. The van der Waals surface area contributed by atoms with Crippen LogP contribution >= 0.6 is 0 Å². The van der Waals surface area contributed by atoms with E-state index in [1.165, 1.54) is 0 Å². The molecule has 0 aliphatic carbocycles. The predicted molar refractivity (Wildman–Crippen MR) is 72.6 cm³/mol. The summed E-state index contributed by atoms with van der Waals surface area (Å²) >= 11 is 0. The lowest BCUT2D eigenvalue weighted by Crippen LogP contribution is -2.06. The van der Waals surface area contributed by atoms with Crippen LogP contribution in [0.4, 0.5) is 5.82 Å². The molecule has 0 saturated carbocycles. The van der Waals surface area contributed by atoms with Gasteiger partial charge in [0.1, 0.15) is 11.6 Å². The molecule has 96 valence electrons. The molecule has 0 aliphatic heterocycles. The van der Waals surface area contributed by atoms with Crippen molar-refractivity contribution in [1.29, 1.82) is 0 Å². The van der Waals surface area contributed by atoms with Crippen molar-refractivity contribution >= 4 is 5.82 Å². The maximum absolute atomic E-state index is 4.62. The lowest BCUT2D eigenvalue weighted by atomic mass is 10.2. The van der Waals surface area contributed by atoms with Gasteiger partial charge in [-0.05, 0) is 13.0 Å².